The number of amides is 4. The highest BCUT2D eigenvalue weighted by Crippen LogP contribution is 2.50. The fourth-order valence-electron chi connectivity index (χ4n) is 5.17. The van der Waals surface area contributed by atoms with Crippen molar-refractivity contribution >= 4 is 35.2 Å². The van der Waals surface area contributed by atoms with Crippen LogP contribution in [-0.2, 0) is 17.7 Å². The summed E-state index contributed by atoms with van der Waals surface area (Å²) in [5, 5.41) is 6.15. The molecule has 0 radical (unpaired) electrons. The van der Waals surface area contributed by atoms with Crippen LogP contribution < -0.4 is 20.3 Å². The lowest BCUT2D eigenvalue weighted by Gasteiger charge is -2.18. The second-order valence-corrected chi connectivity index (χ2v) is 11.6. The van der Waals surface area contributed by atoms with Gasteiger partial charge in [-0.25, -0.2) is 18.9 Å². The third-order valence-corrected chi connectivity index (χ3v) is 8.87. The highest BCUT2D eigenvalue weighted by molar-refractivity contribution is 8.00. The first-order valence-electron chi connectivity index (χ1n) is 14.4. The molecule has 3 heterocycles. The monoisotopic (exact) mass is 613 g/mol. The Labute approximate surface area is 259 Å². The van der Waals surface area contributed by atoms with Crippen LogP contribution in [0.25, 0.3) is 0 Å². The summed E-state index contributed by atoms with van der Waals surface area (Å²) in [5.74, 6) is -0.0830. The zero-order valence-electron chi connectivity index (χ0n) is 24.2. The number of urea groups is 2. The van der Waals surface area contributed by atoms with E-state index in [1.165, 1.54) is 28.2 Å². The molecule has 0 aliphatic carbocycles. The van der Waals surface area contributed by atoms with Gasteiger partial charge in [0.2, 0.25) is 0 Å². The number of halogens is 1. The number of pyridine rings is 1. The van der Waals surface area contributed by atoms with Gasteiger partial charge in [0.05, 0.1) is 23.7 Å². The second kappa shape index (κ2) is 13.5. The Bertz CT molecular complexity index is 1640. The predicted octanol–water partition coefficient (Wildman–Crippen LogP) is 6.61. The molecule has 2 aliphatic heterocycles. The number of benzene rings is 3. The molecule has 226 valence electrons. The number of aromatic nitrogens is 1. The van der Waals surface area contributed by atoms with Crippen molar-refractivity contribution in [1.29, 1.82) is 0 Å². The molecular formula is C33H32FN5O4S. The second-order valence-electron chi connectivity index (χ2n) is 10.4. The van der Waals surface area contributed by atoms with E-state index in [1.54, 1.807) is 37.2 Å². The normalized spacial score (nSPS) is 15.9. The van der Waals surface area contributed by atoms with E-state index in [4.69, 9.17) is 9.47 Å². The van der Waals surface area contributed by atoms with Gasteiger partial charge in [0.1, 0.15) is 5.75 Å². The van der Waals surface area contributed by atoms with Gasteiger partial charge in [-0.3, -0.25) is 9.88 Å². The van der Waals surface area contributed by atoms with Gasteiger partial charge in [0.15, 0.2) is 11.6 Å². The number of ether oxygens (including phenoxy) is 2. The van der Waals surface area contributed by atoms with E-state index in [1.807, 2.05) is 30.3 Å². The van der Waals surface area contributed by atoms with E-state index < -0.39 is 17.9 Å². The van der Waals surface area contributed by atoms with E-state index in [0.29, 0.717) is 24.6 Å². The van der Waals surface area contributed by atoms with E-state index in [-0.39, 0.29) is 23.2 Å². The summed E-state index contributed by atoms with van der Waals surface area (Å²) in [6.07, 6.45) is 2.41. The van der Waals surface area contributed by atoms with Gasteiger partial charge in [-0.1, -0.05) is 42.5 Å². The molecule has 1 aromatic heterocycles. The molecule has 2 aliphatic rings. The molecule has 6 rings (SSSR count). The van der Waals surface area contributed by atoms with Crippen molar-refractivity contribution in [2.24, 2.45) is 0 Å². The Morgan fingerprint density at radius 1 is 1.05 bits per heavy atom. The first kappa shape index (κ1) is 29.6. The van der Waals surface area contributed by atoms with Crippen LogP contribution in [0.4, 0.5) is 25.4 Å². The summed E-state index contributed by atoms with van der Waals surface area (Å²) in [5.41, 5.74) is 4.23. The molecule has 44 heavy (non-hydrogen) atoms. The van der Waals surface area contributed by atoms with Crippen LogP contribution in [0.1, 0.15) is 22.1 Å². The SMILES string of the molecule is COCCNCc1ccc(C2Cc3nccc(Oc4ccc(NC(=O)N5CCN(c6ccccc6)C5=O)cc4F)c3S2)cc1. The highest BCUT2D eigenvalue weighted by Gasteiger charge is 2.34. The van der Waals surface area contributed by atoms with Crippen molar-refractivity contribution in [1.82, 2.24) is 15.2 Å². The summed E-state index contributed by atoms with van der Waals surface area (Å²) in [7, 11) is 1.69. The third-order valence-electron chi connectivity index (χ3n) is 7.47. The number of methoxy groups -OCH3 is 1. The van der Waals surface area contributed by atoms with Gasteiger partial charge in [-0.05, 0) is 35.4 Å². The zero-order valence-corrected chi connectivity index (χ0v) is 25.0. The molecule has 4 aromatic rings. The molecule has 1 atom stereocenters. The molecule has 0 spiro atoms. The Kier molecular flexibility index (Phi) is 9.06. The summed E-state index contributed by atoms with van der Waals surface area (Å²) in [4.78, 5) is 33.8. The molecule has 0 bridgehead atoms. The first-order chi connectivity index (χ1) is 21.5. The summed E-state index contributed by atoms with van der Waals surface area (Å²) < 4.78 is 26.3. The molecule has 9 nitrogen and oxygen atoms in total. The maximum Gasteiger partial charge on any atom is 0.332 e. The maximum atomic E-state index is 15.2. The topological polar surface area (TPSA) is 96.0 Å². The number of imide groups is 1. The molecule has 2 N–H and O–H groups in total. The average molecular weight is 614 g/mol. The van der Waals surface area contributed by atoms with Crippen molar-refractivity contribution in [2.45, 2.75) is 23.1 Å². The molecule has 1 fully saturated rings. The highest BCUT2D eigenvalue weighted by atomic mass is 32.2. The van der Waals surface area contributed by atoms with E-state index >= 15 is 4.39 Å². The number of fused-ring (bicyclic) bond motifs is 1. The Balaban J connectivity index is 1.08. The van der Waals surface area contributed by atoms with Crippen molar-refractivity contribution < 1.29 is 23.5 Å². The van der Waals surface area contributed by atoms with Gasteiger partial charge >= 0.3 is 12.1 Å². The van der Waals surface area contributed by atoms with Gasteiger partial charge < -0.3 is 20.1 Å². The molecule has 11 heteroatoms. The summed E-state index contributed by atoms with van der Waals surface area (Å²) in [6, 6.07) is 22.6. The van der Waals surface area contributed by atoms with Crippen LogP contribution in [0.5, 0.6) is 11.5 Å². The van der Waals surface area contributed by atoms with Gasteiger partial charge in [-0.2, -0.15) is 0 Å². The van der Waals surface area contributed by atoms with Gasteiger partial charge in [0, 0.05) is 68.1 Å². The minimum Gasteiger partial charge on any atom is -0.453 e. The molecule has 1 saturated heterocycles. The Morgan fingerprint density at radius 3 is 2.64 bits per heavy atom. The number of thioether (sulfide) groups is 1. The lowest BCUT2D eigenvalue weighted by molar-refractivity contribution is 0.199. The molecule has 1 unspecified atom stereocenters. The zero-order chi connectivity index (χ0) is 30.5. The molecule has 3 aromatic carbocycles. The largest absolute Gasteiger partial charge is 0.453 e. The summed E-state index contributed by atoms with van der Waals surface area (Å²) in [6.45, 7) is 2.85. The quantitative estimate of drug-likeness (QED) is 0.194. The number of rotatable bonds is 10. The lowest BCUT2D eigenvalue weighted by atomic mass is 10.1. The Hall–Kier alpha value is -4.45. The number of carbonyl (C=O) groups excluding carboxylic acids is 2. The number of carbonyl (C=O) groups is 2. The average Bonchev–Trinajstić information content (AvgIpc) is 3.66. The lowest BCUT2D eigenvalue weighted by Crippen LogP contribution is -2.39. The molecular weight excluding hydrogens is 581 g/mol. The fraction of sp³-hybridized carbons (Fsp3) is 0.242. The van der Waals surface area contributed by atoms with Crippen LogP contribution in [0, 0.1) is 5.82 Å². The number of hydrogen-bond donors (Lipinski definition) is 2. The van der Waals surface area contributed by atoms with Crippen molar-refractivity contribution in [3.8, 4) is 11.5 Å². The van der Waals surface area contributed by atoms with E-state index in [2.05, 4.69) is 39.9 Å². The number of hydrogen-bond acceptors (Lipinski definition) is 7. The predicted molar refractivity (Wildman–Crippen MR) is 168 cm³/mol. The third kappa shape index (κ3) is 6.54. The van der Waals surface area contributed by atoms with Crippen LogP contribution in [0.3, 0.4) is 0 Å². The minimum atomic E-state index is -0.638. The maximum absolute atomic E-state index is 15.2. The summed E-state index contributed by atoms with van der Waals surface area (Å²) >= 11 is 1.66. The fourth-order valence-corrected chi connectivity index (χ4v) is 6.49. The number of nitrogens with zero attached hydrogens (tertiary/aromatic N) is 3. The smallest absolute Gasteiger partial charge is 0.332 e. The van der Waals surface area contributed by atoms with Crippen LogP contribution in [0.2, 0.25) is 0 Å². The van der Waals surface area contributed by atoms with Crippen LogP contribution >= 0.6 is 11.8 Å². The molecule has 4 amide bonds. The molecule has 0 saturated carbocycles. The van der Waals surface area contributed by atoms with Crippen LogP contribution in [0.15, 0.2) is 90.0 Å². The number of nitrogens with one attached hydrogen (secondary N) is 2. The first-order valence-corrected chi connectivity index (χ1v) is 15.2. The standard InChI is InChI=1S/C33H32FN5O4S/c1-42-18-15-35-21-22-7-9-23(10-8-22)30-20-27-31(44-30)29(13-14-36-27)43-28-12-11-24(19-26(28)34)37-32(40)39-17-16-38(33(39)41)25-5-3-2-4-6-25/h2-14,19,30,35H,15-18,20-21H2,1H3,(H,37,40). The Morgan fingerprint density at radius 2 is 1.86 bits per heavy atom. The van der Waals surface area contributed by atoms with Gasteiger partial charge in [0.25, 0.3) is 0 Å². The van der Waals surface area contributed by atoms with E-state index in [0.717, 1.165) is 35.0 Å². The van der Waals surface area contributed by atoms with Crippen molar-refractivity contribution in [3.63, 3.8) is 0 Å². The van der Waals surface area contributed by atoms with E-state index in [9.17, 15) is 9.59 Å². The minimum absolute atomic E-state index is 0.0262. The van der Waals surface area contributed by atoms with Crippen LogP contribution in [-0.4, -0.2) is 55.3 Å². The van der Waals surface area contributed by atoms with Crippen molar-refractivity contribution in [3.05, 3.63) is 108 Å². The number of anilines is 2. The van der Waals surface area contributed by atoms with Crippen molar-refractivity contribution in [2.75, 3.05) is 43.6 Å². The number of para-hydroxylation sites is 1. The van der Waals surface area contributed by atoms with Gasteiger partial charge in [-0.15, -0.1) is 11.8 Å².